The topological polar surface area (TPSA) is 69.2 Å². The van der Waals surface area contributed by atoms with E-state index in [1.165, 1.54) is 0 Å². The summed E-state index contributed by atoms with van der Waals surface area (Å²) in [5, 5.41) is 4.02. The summed E-state index contributed by atoms with van der Waals surface area (Å²) in [4.78, 5) is 11.0. The van der Waals surface area contributed by atoms with Crippen LogP contribution < -0.4 is 10.2 Å². The first-order valence-corrected chi connectivity index (χ1v) is 6.87. The number of cyclic esters (lactones) is 1. The van der Waals surface area contributed by atoms with Gasteiger partial charge in [0.2, 0.25) is 0 Å². The molecule has 1 aliphatic heterocycles. The standard InChI is InChI=1S/C13H15BrN2O4/c1-8-12(15-16-13(17)20-8)9-3-4-11(10(14)7-9)19-6-5-18-2/h3-4,7-8H,5-6H2,1-2H3,(H,16,17)/t8-/m0/s1. The van der Waals surface area contributed by atoms with Crippen molar-refractivity contribution in [3.63, 3.8) is 0 Å². The van der Waals surface area contributed by atoms with Crippen molar-refractivity contribution in [3.05, 3.63) is 28.2 Å². The third-order valence-corrected chi connectivity index (χ3v) is 3.33. The van der Waals surface area contributed by atoms with E-state index in [1.54, 1.807) is 14.0 Å². The number of benzene rings is 1. The van der Waals surface area contributed by atoms with Crippen LogP contribution in [0.1, 0.15) is 12.5 Å². The Balaban J connectivity index is 2.14. The quantitative estimate of drug-likeness (QED) is 0.833. The van der Waals surface area contributed by atoms with Crippen molar-refractivity contribution in [2.24, 2.45) is 5.10 Å². The maximum Gasteiger partial charge on any atom is 0.428 e. The number of methoxy groups -OCH3 is 1. The van der Waals surface area contributed by atoms with Gasteiger partial charge in [0, 0.05) is 12.7 Å². The number of rotatable bonds is 5. The van der Waals surface area contributed by atoms with E-state index in [0.717, 1.165) is 15.8 Å². The van der Waals surface area contributed by atoms with Crippen LogP contribution in [-0.4, -0.2) is 38.2 Å². The number of carbonyl (C=O) groups excluding carboxylic acids is 1. The monoisotopic (exact) mass is 342 g/mol. The van der Waals surface area contributed by atoms with Crippen LogP contribution in [0.25, 0.3) is 0 Å². The number of nitrogens with one attached hydrogen (secondary N) is 1. The van der Waals surface area contributed by atoms with Gasteiger partial charge in [0.05, 0.1) is 11.1 Å². The molecule has 1 aromatic carbocycles. The number of ether oxygens (including phenoxy) is 3. The smallest absolute Gasteiger partial charge is 0.428 e. The molecule has 1 aromatic rings. The lowest BCUT2D eigenvalue weighted by Gasteiger charge is -2.20. The minimum atomic E-state index is -0.542. The predicted molar refractivity (Wildman–Crippen MR) is 77.1 cm³/mol. The molecule has 1 N–H and O–H groups in total. The molecule has 1 heterocycles. The highest BCUT2D eigenvalue weighted by molar-refractivity contribution is 9.10. The Bertz CT molecular complexity index is 533. The number of nitrogens with zero attached hydrogens (tertiary/aromatic N) is 1. The van der Waals surface area contributed by atoms with Crippen LogP contribution in [0, 0.1) is 0 Å². The van der Waals surface area contributed by atoms with Gasteiger partial charge < -0.3 is 14.2 Å². The van der Waals surface area contributed by atoms with Crippen LogP contribution in [-0.2, 0) is 9.47 Å². The van der Waals surface area contributed by atoms with Crippen LogP contribution >= 0.6 is 15.9 Å². The fraction of sp³-hybridized carbons (Fsp3) is 0.385. The first-order chi connectivity index (χ1) is 9.61. The lowest BCUT2D eigenvalue weighted by Crippen LogP contribution is -2.37. The fourth-order valence-electron chi connectivity index (χ4n) is 1.75. The average molecular weight is 343 g/mol. The van der Waals surface area contributed by atoms with Crippen LogP contribution in [0.2, 0.25) is 0 Å². The summed E-state index contributed by atoms with van der Waals surface area (Å²) >= 11 is 3.45. The maximum atomic E-state index is 11.0. The predicted octanol–water partition coefficient (Wildman–Crippen LogP) is 2.31. The second-order valence-electron chi connectivity index (χ2n) is 4.14. The molecule has 0 bridgehead atoms. The zero-order chi connectivity index (χ0) is 14.5. The number of carbonyl (C=O) groups is 1. The highest BCUT2D eigenvalue weighted by atomic mass is 79.9. The van der Waals surface area contributed by atoms with E-state index in [1.807, 2.05) is 18.2 Å². The van der Waals surface area contributed by atoms with Gasteiger partial charge in [0.15, 0.2) is 0 Å². The fourth-order valence-corrected chi connectivity index (χ4v) is 2.24. The van der Waals surface area contributed by atoms with Crippen LogP contribution in [0.15, 0.2) is 27.8 Å². The first kappa shape index (κ1) is 14.8. The van der Waals surface area contributed by atoms with Crippen molar-refractivity contribution in [1.82, 2.24) is 5.43 Å². The number of hydrogen-bond donors (Lipinski definition) is 1. The molecule has 0 aliphatic carbocycles. The van der Waals surface area contributed by atoms with Crippen molar-refractivity contribution in [2.45, 2.75) is 13.0 Å². The molecule has 0 radical (unpaired) electrons. The van der Waals surface area contributed by atoms with Crippen molar-refractivity contribution in [2.75, 3.05) is 20.3 Å². The number of halogens is 1. The molecule has 7 heteroatoms. The molecular weight excluding hydrogens is 328 g/mol. The third-order valence-electron chi connectivity index (χ3n) is 2.71. The van der Waals surface area contributed by atoms with Crippen LogP contribution in [0.3, 0.4) is 0 Å². The lowest BCUT2D eigenvalue weighted by atomic mass is 10.1. The van der Waals surface area contributed by atoms with E-state index in [2.05, 4.69) is 26.5 Å². The van der Waals surface area contributed by atoms with Gasteiger partial charge in [-0.1, -0.05) is 0 Å². The van der Waals surface area contributed by atoms with Crippen molar-refractivity contribution >= 4 is 27.7 Å². The van der Waals surface area contributed by atoms with Crippen molar-refractivity contribution in [1.29, 1.82) is 0 Å². The number of hydrogen-bond acceptors (Lipinski definition) is 5. The van der Waals surface area contributed by atoms with Crippen molar-refractivity contribution < 1.29 is 19.0 Å². The van der Waals surface area contributed by atoms with E-state index in [4.69, 9.17) is 14.2 Å². The SMILES string of the molecule is COCCOc1ccc(C2=NNC(=O)O[C@H]2C)cc1Br. The minimum Gasteiger partial charge on any atom is -0.490 e. The highest BCUT2D eigenvalue weighted by Gasteiger charge is 2.23. The molecule has 1 aliphatic rings. The highest BCUT2D eigenvalue weighted by Crippen LogP contribution is 2.27. The third kappa shape index (κ3) is 3.49. The Morgan fingerprint density at radius 1 is 1.45 bits per heavy atom. The molecule has 0 fully saturated rings. The molecule has 0 spiro atoms. The van der Waals surface area contributed by atoms with E-state index in [0.29, 0.717) is 18.9 Å². The van der Waals surface area contributed by atoms with Gasteiger partial charge in [-0.3, -0.25) is 0 Å². The van der Waals surface area contributed by atoms with Gasteiger partial charge in [-0.05, 0) is 41.1 Å². The van der Waals surface area contributed by atoms with Gasteiger partial charge in [0.25, 0.3) is 0 Å². The zero-order valence-corrected chi connectivity index (χ0v) is 12.8. The first-order valence-electron chi connectivity index (χ1n) is 6.07. The van der Waals surface area contributed by atoms with Crippen LogP contribution in [0.4, 0.5) is 4.79 Å². The van der Waals surface area contributed by atoms with Crippen LogP contribution in [0.5, 0.6) is 5.75 Å². The minimum absolute atomic E-state index is 0.393. The maximum absolute atomic E-state index is 11.0. The van der Waals surface area contributed by atoms with Gasteiger partial charge in [-0.25, -0.2) is 10.2 Å². The summed E-state index contributed by atoms with van der Waals surface area (Å²) in [6.07, 6.45) is -0.934. The number of amides is 1. The average Bonchev–Trinajstić information content (AvgIpc) is 2.41. The van der Waals surface area contributed by atoms with Crippen molar-refractivity contribution in [3.8, 4) is 5.75 Å². The molecule has 6 nitrogen and oxygen atoms in total. The Morgan fingerprint density at radius 3 is 2.90 bits per heavy atom. The number of hydrazone groups is 1. The summed E-state index contributed by atoms with van der Waals surface area (Å²) in [5.74, 6) is 0.722. The molecule has 0 aromatic heterocycles. The summed E-state index contributed by atoms with van der Waals surface area (Å²) in [7, 11) is 1.62. The van der Waals surface area contributed by atoms with Gasteiger partial charge in [0.1, 0.15) is 24.2 Å². The molecule has 0 saturated carbocycles. The summed E-state index contributed by atoms with van der Waals surface area (Å²) < 4.78 is 16.3. The molecule has 2 rings (SSSR count). The normalized spacial score (nSPS) is 18.1. The molecular formula is C13H15BrN2O4. The van der Waals surface area contributed by atoms with E-state index in [-0.39, 0.29) is 0 Å². The summed E-state index contributed by atoms with van der Waals surface area (Å²) in [6.45, 7) is 2.78. The Hall–Kier alpha value is -1.60. The van der Waals surface area contributed by atoms with Gasteiger partial charge in [-0.15, -0.1) is 0 Å². The summed E-state index contributed by atoms with van der Waals surface area (Å²) in [5.41, 5.74) is 3.81. The molecule has 1 amide bonds. The van der Waals surface area contributed by atoms with E-state index >= 15 is 0 Å². The Kier molecular flexibility index (Phi) is 4.97. The molecule has 0 saturated heterocycles. The van der Waals surface area contributed by atoms with Gasteiger partial charge >= 0.3 is 6.09 Å². The Morgan fingerprint density at radius 2 is 2.25 bits per heavy atom. The molecule has 0 unspecified atom stereocenters. The van der Waals surface area contributed by atoms with E-state index < -0.39 is 12.2 Å². The largest absolute Gasteiger partial charge is 0.490 e. The second-order valence-corrected chi connectivity index (χ2v) is 5.00. The van der Waals surface area contributed by atoms with E-state index in [9.17, 15) is 4.79 Å². The lowest BCUT2D eigenvalue weighted by molar-refractivity contribution is 0.127. The second kappa shape index (κ2) is 6.71. The zero-order valence-electron chi connectivity index (χ0n) is 11.2. The van der Waals surface area contributed by atoms with Gasteiger partial charge in [-0.2, -0.15) is 5.10 Å². The Labute approximate surface area is 125 Å². The molecule has 108 valence electrons. The molecule has 20 heavy (non-hydrogen) atoms. The summed E-state index contributed by atoms with van der Waals surface area (Å²) in [6, 6.07) is 5.57. The molecule has 1 atom stereocenters.